The summed E-state index contributed by atoms with van der Waals surface area (Å²) in [6.45, 7) is 1.93. The quantitative estimate of drug-likeness (QED) is 0.143. The van der Waals surface area contributed by atoms with Gasteiger partial charge < -0.3 is 25.6 Å². The minimum absolute atomic E-state index is 0.0438. The number of pyridine rings is 1. The van der Waals surface area contributed by atoms with E-state index in [0.29, 0.717) is 28.7 Å². The van der Waals surface area contributed by atoms with Gasteiger partial charge in [-0.25, -0.2) is 0 Å². The fraction of sp³-hybridized carbons (Fsp3) is 0.280. The highest BCUT2D eigenvalue weighted by Gasteiger charge is 2.25. The van der Waals surface area contributed by atoms with Gasteiger partial charge in [-0.15, -0.1) is 0 Å². The van der Waals surface area contributed by atoms with Crippen LogP contribution in [0.4, 0.5) is 0 Å². The van der Waals surface area contributed by atoms with E-state index in [1.165, 1.54) is 6.07 Å². The molecular formula is C25H28N4O4S. The van der Waals surface area contributed by atoms with E-state index in [-0.39, 0.29) is 17.0 Å². The van der Waals surface area contributed by atoms with Gasteiger partial charge in [-0.1, -0.05) is 47.7 Å². The van der Waals surface area contributed by atoms with Crippen LogP contribution >= 0.6 is 11.3 Å². The summed E-state index contributed by atoms with van der Waals surface area (Å²) in [6, 6.07) is 17.1. The van der Waals surface area contributed by atoms with Crippen LogP contribution in [0.15, 0.2) is 65.6 Å². The van der Waals surface area contributed by atoms with E-state index in [1.54, 1.807) is 12.3 Å². The number of aromatic amines is 1. The third-order valence-electron chi connectivity index (χ3n) is 5.50. The molecule has 0 amide bonds. The predicted molar refractivity (Wildman–Crippen MR) is 133 cm³/mol. The summed E-state index contributed by atoms with van der Waals surface area (Å²) in [4.78, 5) is 18.3. The van der Waals surface area contributed by atoms with Crippen LogP contribution in [0.3, 0.4) is 0 Å². The minimum atomic E-state index is -2.15. The van der Waals surface area contributed by atoms with Crippen molar-refractivity contribution in [3.8, 4) is 5.75 Å². The maximum absolute atomic E-state index is 11.7. The van der Waals surface area contributed by atoms with Crippen LogP contribution < -0.4 is 15.5 Å². The molecule has 2 heterocycles. The van der Waals surface area contributed by atoms with Crippen molar-refractivity contribution in [2.24, 2.45) is 0 Å². The van der Waals surface area contributed by atoms with Crippen LogP contribution in [-0.2, 0) is 25.8 Å². The largest absolute Gasteiger partial charge is 0.506 e. The third kappa shape index (κ3) is 6.49. The van der Waals surface area contributed by atoms with Crippen LogP contribution in [0.25, 0.3) is 10.2 Å². The zero-order chi connectivity index (χ0) is 24.0. The molecule has 0 saturated heterocycles. The van der Waals surface area contributed by atoms with Gasteiger partial charge in [0.25, 0.3) is 0 Å². The summed E-state index contributed by atoms with van der Waals surface area (Å²) in [7, 11) is 0. The molecule has 6 N–H and O–H groups in total. The van der Waals surface area contributed by atoms with Crippen molar-refractivity contribution in [3.05, 3.63) is 92.8 Å². The van der Waals surface area contributed by atoms with E-state index >= 15 is 0 Å². The number of rotatable bonds is 11. The van der Waals surface area contributed by atoms with Crippen molar-refractivity contribution in [2.45, 2.75) is 31.7 Å². The maximum Gasteiger partial charge on any atom is 0.305 e. The number of benzene rings is 2. The molecular weight excluding hydrogens is 452 g/mol. The van der Waals surface area contributed by atoms with Crippen molar-refractivity contribution in [3.63, 3.8) is 0 Å². The predicted octanol–water partition coefficient (Wildman–Crippen LogP) is 2.04. The summed E-state index contributed by atoms with van der Waals surface area (Å²) in [5.41, 5.74) is 4.18. The number of nitrogens with zero attached hydrogens (tertiary/aromatic N) is 1. The highest BCUT2D eigenvalue weighted by Crippen LogP contribution is 2.29. The van der Waals surface area contributed by atoms with E-state index in [9.17, 15) is 20.1 Å². The minimum Gasteiger partial charge on any atom is -0.506 e. The molecule has 0 unspecified atom stereocenters. The number of H-pyrrole nitrogens is 1. The second-order valence-corrected chi connectivity index (χ2v) is 9.18. The lowest BCUT2D eigenvalue weighted by molar-refractivity contribution is -0.183. The first-order valence-electron chi connectivity index (χ1n) is 11.1. The Morgan fingerprint density at radius 2 is 1.85 bits per heavy atom. The van der Waals surface area contributed by atoms with Crippen LogP contribution in [-0.4, -0.2) is 44.3 Å². The van der Waals surface area contributed by atoms with Gasteiger partial charge in [0, 0.05) is 44.4 Å². The van der Waals surface area contributed by atoms with Gasteiger partial charge in [0.15, 0.2) is 0 Å². The van der Waals surface area contributed by atoms with Crippen LogP contribution in [0.1, 0.15) is 22.4 Å². The van der Waals surface area contributed by atoms with Gasteiger partial charge in [0.05, 0.1) is 4.70 Å². The molecule has 0 aliphatic heterocycles. The zero-order valence-electron chi connectivity index (χ0n) is 18.6. The molecule has 178 valence electrons. The van der Waals surface area contributed by atoms with Crippen molar-refractivity contribution in [1.29, 1.82) is 0 Å². The average molecular weight is 481 g/mol. The van der Waals surface area contributed by atoms with Crippen LogP contribution in [0, 0.1) is 0 Å². The lowest BCUT2D eigenvalue weighted by Gasteiger charge is -2.23. The highest BCUT2D eigenvalue weighted by atomic mass is 32.1. The average Bonchev–Trinajstić information content (AvgIpc) is 3.22. The Bertz CT molecular complexity index is 1290. The first-order chi connectivity index (χ1) is 16.4. The fourth-order valence-corrected chi connectivity index (χ4v) is 4.71. The van der Waals surface area contributed by atoms with E-state index in [2.05, 4.69) is 32.7 Å². The van der Waals surface area contributed by atoms with Gasteiger partial charge in [-0.2, -0.15) is 0 Å². The van der Waals surface area contributed by atoms with E-state index in [4.69, 9.17) is 0 Å². The first-order valence-corrected chi connectivity index (χ1v) is 11.9. The Morgan fingerprint density at radius 3 is 2.68 bits per heavy atom. The fourth-order valence-electron chi connectivity index (χ4n) is 3.84. The molecule has 4 aromatic rings. The van der Waals surface area contributed by atoms with E-state index < -0.39 is 5.91 Å². The summed E-state index contributed by atoms with van der Waals surface area (Å²) >= 11 is 0.932. The molecule has 34 heavy (non-hydrogen) atoms. The Hall–Kier alpha value is -3.08. The lowest BCUT2D eigenvalue weighted by Crippen LogP contribution is -2.47. The van der Waals surface area contributed by atoms with Crippen molar-refractivity contribution in [2.75, 3.05) is 13.1 Å². The molecule has 9 heteroatoms. The number of fused-ring (bicyclic) bond motifs is 1. The second kappa shape index (κ2) is 10.9. The summed E-state index contributed by atoms with van der Waals surface area (Å²) in [6.07, 6.45) is 3.16. The second-order valence-electron chi connectivity index (χ2n) is 8.20. The number of aromatic hydroxyl groups is 1. The van der Waals surface area contributed by atoms with Crippen LogP contribution in [0.5, 0.6) is 5.75 Å². The Labute approximate surface area is 201 Å². The van der Waals surface area contributed by atoms with Crippen molar-refractivity contribution >= 4 is 21.6 Å². The number of aliphatic hydroxyl groups is 2. The molecule has 0 fully saturated rings. The molecule has 0 aliphatic carbocycles. The van der Waals surface area contributed by atoms with Gasteiger partial charge in [-0.3, -0.25) is 15.1 Å². The molecule has 0 spiro atoms. The molecule has 8 nitrogen and oxygen atoms in total. The number of thiazole rings is 1. The maximum atomic E-state index is 11.7. The number of phenolic OH excluding ortho intramolecular Hbond substituents is 1. The van der Waals surface area contributed by atoms with Crippen LogP contribution in [0.2, 0.25) is 0 Å². The molecule has 0 aliphatic rings. The van der Waals surface area contributed by atoms with Crippen molar-refractivity contribution < 1.29 is 15.3 Å². The lowest BCUT2D eigenvalue weighted by atomic mass is 10.1. The van der Waals surface area contributed by atoms with E-state index in [1.807, 2.05) is 30.3 Å². The molecule has 0 saturated carbocycles. The Morgan fingerprint density at radius 1 is 1.00 bits per heavy atom. The van der Waals surface area contributed by atoms with E-state index in [0.717, 1.165) is 47.7 Å². The topological polar surface area (TPSA) is 130 Å². The molecule has 2 aromatic carbocycles. The standard InChI is InChI=1S/C25H28N4O4S/c30-21-8-7-19(23-22(21)29-24(31)34-23)15-25(32,33)28-13-9-17-4-3-5-18(14-17)16-26-12-10-20-6-1-2-11-27-20/h1-8,11,14,26,28,30,32-33H,9-10,12-13,15-16H2,(H,29,31). The Balaban J connectivity index is 1.26. The third-order valence-corrected chi connectivity index (χ3v) is 6.46. The SMILES string of the molecule is O=c1[nH]c2c(O)ccc(CC(O)(O)NCCc3cccc(CNCCc4ccccn4)c3)c2s1. The summed E-state index contributed by atoms with van der Waals surface area (Å²) < 4.78 is 0.516. The molecule has 0 atom stereocenters. The van der Waals surface area contributed by atoms with Gasteiger partial charge in [-0.05, 0) is 41.3 Å². The number of hydrogen-bond acceptors (Lipinski definition) is 8. The normalized spacial score (nSPS) is 11.8. The highest BCUT2D eigenvalue weighted by molar-refractivity contribution is 7.16. The molecule has 0 bridgehead atoms. The monoisotopic (exact) mass is 480 g/mol. The van der Waals surface area contributed by atoms with Gasteiger partial charge in [0.2, 0.25) is 5.91 Å². The van der Waals surface area contributed by atoms with Gasteiger partial charge in [0.1, 0.15) is 11.3 Å². The first kappa shape index (κ1) is 24.1. The smallest absolute Gasteiger partial charge is 0.305 e. The molecule has 0 radical (unpaired) electrons. The summed E-state index contributed by atoms with van der Waals surface area (Å²) in [5, 5.41) is 37.0. The number of phenols is 1. The van der Waals surface area contributed by atoms with Gasteiger partial charge >= 0.3 is 4.87 Å². The molecule has 4 rings (SSSR count). The number of nitrogens with one attached hydrogen (secondary N) is 3. The zero-order valence-corrected chi connectivity index (χ0v) is 19.4. The molecule has 2 aromatic heterocycles. The Kier molecular flexibility index (Phi) is 7.71. The summed E-state index contributed by atoms with van der Waals surface area (Å²) in [5.74, 6) is -2.20. The van der Waals surface area contributed by atoms with Crippen molar-refractivity contribution in [1.82, 2.24) is 20.6 Å². The number of aromatic nitrogens is 2. The number of hydrogen-bond donors (Lipinski definition) is 6.